The Morgan fingerprint density at radius 1 is 1.00 bits per heavy atom. The zero-order valence-electron chi connectivity index (χ0n) is 15.2. The number of ketones is 1. The normalized spacial score (nSPS) is 10.4. The molecule has 0 aliphatic heterocycles. The minimum Gasteiger partial charge on any atom is -0.454 e. The monoisotopic (exact) mass is 415 g/mol. The van der Waals surface area contributed by atoms with Crippen molar-refractivity contribution in [2.45, 2.75) is 0 Å². The van der Waals surface area contributed by atoms with E-state index in [1.807, 2.05) is 0 Å². The van der Waals surface area contributed by atoms with Crippen LogP contribution in [0.25, 0.3) is 0 Å². The lowest BCUT2D eigenvalue weighted by atomic mass is 10.1. The van der Waals surface area contributed by atoms with Gasteiger partial charge in [-0.1, -0.05) is 18.2 Å². The Hall–Kier alpha value is -3.39. The van der Waals surface area contributed by atoms with Gasteiger partial charge in [-0.3, -0.25) is 9.59 Å². The number of carbonyl (C=O) groups excluding carboxylic acids is 3. The van der Waals surface area contributed by atoms with Crippen LogP contribution >= 0.6 is 11.3 Å². The molecule has 2 aromatic carbocycles. The first-order valence-electron chi connectivity index (χ1n) is 8.44. The molecule has 0 bridgehead atoms. The van der Waals surface area contributed by atoms with Crippen molar-refractivity contribution < 1.29 is 27.9 Å². The van der Waals surface area contributed by atoms with Crippen molar-refractivity contribution >= 4 is 34.7 Å². The van der Waals surface area contributed by atoms with Gasteiger partial charge in [0.25, 0.3) is 5.91 Å². The molecule has 5 nitrogen and oxygen atoms in total. The Bertz CT molecular complexity index is 1070. The SMILES string of the molecule is CN(C(=O)c1cccs1)c1ccccc1C(=O)OCC(=O)c1ccc(F)c(F)c1. The molecule has 0 radical (unpaired) electrons. The second-order valence-corrected chi connectivity index (χ2v) is 6.93. The quantitative estimate of drug-likeness (QED) is 0.444. The van der Waals surface area contributed by atoms with Gasteiger partial charge in [0.15, 0.2) is 24.0 Å². The summed E-state index contributed by atoms with van der Waals surface area (Å²) >= 11 is 1.27. The molecular formula is C21H15F2NO4S. The Morgan fingerprint density at radius 2 is 1.76 bits per heavy atom. The van der Waals surface area contributed by atoms with E-state index >= 15 is 0 Å². The topological polar surface area (TPSA) is 63.7 Å². The molecule has 0 N–H and O–H groups in total. The summed E-state index contributed by atoms with van der Waals surface area (Å²) in [6, 6.07) is 12.4. The number of thiophene rings is 1. The van der Waals surface area contributed by atoms with E-state index in [9.17, 15) is 23.2 Å². The Kier molecular flexibility index (Phi) is 6.13. The smallest absolute Gasteiger partial charge is 0.340 e. The summed E-state index contributed by atoms with van der Waals surface area (Å²) < 4.78 is 31.3. The van der Waals surface area contributed by atoms with E-state index in [0.717, 1.165) is 18.2 Å². The van der Waals surface area contributed by atoms with Crippen LogP contribution in [0.2, 0.25) is 0 Å². The van der Waals surface area contributed by atoms with E-state index in [-0.39, 0.29) is 17.0 Å². The van der Waals surface area contributed by atoms with Crippen molar-refractivity contribution in [2.75, 3.05) is 18.6 Å². The summed E-state index contributed by atoms with van der Waals surface area (Å²) in [6.07, 6.45) is 0. The van der Waals surface area contributed by atoms with Crippen LogP contribution in [0.3, 0.4) is 0 Å². The summed E-state index contributed by atoms with van der Waals surface area (Å²) in [4.78, 5) is 39.0. The molecular weight excluding hydrogens is 400 g/mol. The zero-order chi connectivity index (χ0) is 21.0. The first-order valence-corrected chi connectivity index (χ1v) is 9.32. The lowest BCUT2D eigenvalue weighted by Gasteiger charge is -2.19. The van der Waals surface area contributed by atoms with Gasteiger partial charge >= 0.3 is 5.97 Å². The Morgan fingerprint density at radius 3 is 2.45 bits per heavy atom. The second-order valence-electron chi connectivity index (χ2n) is 5.99. The number of benzene rings is 2. The van der Waals surface area contributed by atoms with E-state index in [0.29, 0.717) is 10.6 Å². The highest BCUT2D eigenvalue weighted by Gasteiger charge is 2.22. The van der Waals surface area contributed by atoms with Crippen LogP contribution in [-0.4, -0.2) is 31.3 Å². The van der Waals surface area contributed by atoms with Gasteiger partial charge in [0, 0.05) is 12.6 Å². The fourth-order valence-electron chi connectivity index (χ4n) is 2.58. The number of hydrogen-bond acceptors (Lipinski definition) is 5. The highest BCUT2D eigenvalue weighted by molar-refractivity contribution is 7.12. The number of nitrogens with zero attached hydrogens (tertiary/aromatic N) is 1. The fourth-order valence-corrected chi connectivity index (χ4v) is 3.27. The predicted octanol–water partition coefficient (Wildman–Crippen LogP) is 4.34. The third-order valence-corrected chi connectivity index (χ3v) is 4.96. The number of esters is 1. The summed E-state index contributed by atoms with van der Waals surface area (Å²) in [5.41, 5.74) is 0.296. The van der Waals surface area contributed by atoms with Gasteiger partial charge < -0.3 is 9.64 Å². The maximum atomic E-state index is 13.3. The number of amides is 1. The molecule has 3 aromatic rings. The standard InChI is InChI=1S/C21H15F2NO4S/c1-24(20(26)19-7-4-10-29-19)17-6-3-2-5-14(17)21(27)28-12-18(25)13-8-9-15(22)16(23)11-13/h2-11H,12H2,1H3. The summed E-state index contributed by atoms with van der Waals surface area (Å²) in [5, 5.41) is 1.77. The Balaban J connectivity index is 1.73. The minimum atomic E-state index is -1.17. The number of carbonyl (C=O) groups is 3. The number of anilines is 1. The molecule has 8 heteroatoms. The first kappa shape index (κ1) is 20.3. The van der Waals surface area contributed by atoms with E-state index in [1.165, 1.54) is 29.4 Å². The molecule has 0 aliphatic carbocycles. The third-order valence-electron chi connectivity index (χ3n) is 4.10. The van der Waals surface area contributed by atoms with Crippen molar-refractivity contribution in [2.24, 2.45) is 0 Å². The van der Waals surface area contributed by atoms with Crippen LogP contribution in [0.4, 0.5) is 14.5 Å². The molecule has 0 saturated heterocycles. The van der Waals surface area contributed by atoms with Crippen molar-refractivity contribution in [1.82, 2.24) is 0 Å². The van der Waals surface area contributed by atoms with Crippen LogP contribution in [0.15, 0.2) is 60.0 Å². The van der Waals surface area contributed by atoms with E-state index < -0.39 is 30.0 Å². The molecule has 148 valence electrons. The number of ether oxygens (including phenoxy) is 1. The average molecular weight is 415 g/mol. The van der Waals surface area contributed by atoms with E-state index in [1.54, 1.807) is 35.7 Å². The van der Waals surface area contributed by atoms with Crippen LogP contribution in [0, 0.1) is 11.6 Å². The molecule has 0 atom stereocenters. The van der Waals surface area contributed by atoms with Crippen molar-refractivity contribution in [3.63, 3.8) is 0 Å². The van der Waals surface area contributed by atoms with E-state index in [2.05, 4.69) is 0 Å². The van der Waals surface area contributed by atoms with Gasteiger partial charge in [-0.2, -0.15) is 0 Å². The molecule has 1 heterocycles. The summed E-state index contributed by atoms with van der Waals surface area (Å²) in [7, 11) is 1.53. The summed E-state index contributed by atoms with van der Waals surface area (Å²) in [6.45, 7) is -0.652. The van der Waals surface area contributed by atoms with Crippen molar-refractivity contribution in [3.8, 4) is 0 Å². The molecule has 0 unspecified atom stereocenters. The van der Waals surface area contributed by atoms with Crippen LogP contribution < -0.4 is 4.90 Å². The van der Waals surface area contributed by atoms with Gasteiger partial charge in [-0.25, -0.2) is 13.6 Å². The molecule has 29 heavy (non-hydrogen) atoms. The largest absolute Gasteiger partial charge is 0.454 e. The molecule has 0 fully saturated rings. The molecule has 1 aromatic heterocycles. The average Bonchev–Trinajstić information content (AvgIpc) is 3.27. The number of halogens is 2. The maximum Gasteiger partial charge on any atom is 0.340 e. The van der Waals surface area contributed by atoms with Gasteiger partial charge in [-0.05, 0) is 41.8 Å². The fraction of sp³-hybridized carbons (Fsp3) is 0.0952. The molecule has 0 saturated carbocycles. The van der Waals surface area contributed by atoms with E-state index in [4.69, 9.17) is 4.74 Å². The van der Waals surface area contributed by atoms with Crippen LogP contribution in [0.1, 0.15) is 30.4 Å². The second kappa shape index (κ2) is 8.74. The van der Waals surface area contributed by atoms with Crippen molar-refractivity contribution in [1.29, 1.82) is 0 Å². The summed E-state index contributed by atoms with van der Waals surface area (Å²) in [5.74, 6) is -4.04. The van der Waals surface area contributed by atoms with Gasteiger partial charge in [-0.15, -0.1) is 11.3 Å². The Labute approximate surface area is 169 Å². The zero-order valence-corrected chi connectivity index (χ0v) is 16.0. The molecule has 0 aliphatic rings. The lowest BCUT2D eigenvalue weighted by Crippen LogP contribution is -2.27. The number of para-hydroxylation sites is 1. The van der Waals surface area contributed by atoms with Crippen LogP contribution in [0.5, 0.6) is 0 Å². The van der Waals surface area contributed by atoms with Gasteiger partial charge in [0.2, 0.25) is 0 Å². The number of hydrogen-bond donors (Lipinski definition) is 0. The third kappa shape index (κ3) is 4.55. The molecule has 1 amide bonds. The van der Waals surface area contributed by atoms with Crippen molar-refractivity contribution in [3.05, 3.63) is 87.6 Å². The first-order chi connectivity index (χ1) is 13.9. The van der Waals surface area contributed by atoms with Crippen LogP contribution in [-0.2, 0) is 4.74 Å². The minimum absolute atomic E-state index is 0.0954. The highest BCUT2D eigenvalue weighted by atomic mass is 32.1. The molecule has 0 spiro atoms. The lowest BCUT2D eigenvalue weighted by molar-refractivity contribution is 0.0475. The van der Waals surface area contributed by atoms with Gasteiger partial charge in [0.1, 0.15) is 0 Å². The maximum absolute atomic E-state index is 13.3. The number of rotatable bonds is 6. The predicted molar refractivity (Wildman–Crippen MR) is 104 cm³/mol. The number of Topliss-reactive ketones (excluding diaryl/α,β-unsaturated/α-hetero) is 1. The highest BCUT2D eigenvalue weighted by Crippen LogP contribution is 2.23. The molecule has 3 rings (SSSR count). The van der Waals surface area contributed by atoms with Gasteiger partial charge in [0.05, 0.1) is 16.1 Å².